The summed E-state index contributed by atoms with van der Waals surface area (Å²) < 4.78 is 172. The van der Waals surface area contributed by atoms with Crippen LogP contribution in [0.3, 0.4) is 0 Å². The predicted molar refractivity (Wildman–Crippen MR) is 140 cm³/mol. The average molecular weight is 649 g/mol. The quantitative estimate of drug-likeness (QED) is 0.266. The topological polar surface area (TPSA) is 24.8 Å². The number of allylic oxidation sites excluding steroid dienone is 1. The molecule has 0 saturated carbocycles. The molecule has 244 valence electrons. The largest absolute Gasteiger partial charge is 0.418 e. The number of nitrogens with zero attached hydrogens (tertiary/aromatic N) is 2. The van der Waals surface area contributed by atoms with Crippen LogP contribution in [0.5, 0.6) is 0 Å². The molecule has 0 amide bonds. The van der Waals surface area contributed by atoms with Gasteiger partial charge in [-0.1, -0.05) is 33.8 Å². The molecule has 2 aromatic rings. The third-order valence-corrected chi connectivity index (χ3v) is 7.06. The highest BCUT2D eigenvalue weighted by Crippen LogP contribution is 2.47. The molecule has 0 aromatic heterocycles. The third kappa shape index (κ3) is 7.35. The van der Waals surface area contributed by atoms with Gasteiger partial charge >= 0.3 is 24.7 Å². The molecule has 15 heteroatoms. The summed E-state index contributed by atoms with van der Waals surface area (Å²) in [7, 11) is 0. The predicted octanol–water partition coefficient (Wildman–Crippen LogP) is 10.7. The third-order valence-electron chi connectivity index (χ3n) is 7.06. The van der Waals surface area contributed by atoms with Crippen molar-refractivity contribution in [3.63, 3.8) is 0 Å². The number of hydrogen-bond donors (Lipinski definition) is 0. The van der Waals surface area contributed by atoms with Crippen molar-refractivity contribution in [3.05, 3.63) is 69.9 Å². The maximum absolute atomic E-state index is 14.4. The van der Waals surface area contributed by atoms with Gasteiger partial charge in [-0.05, 0) is 56.0 Å². The lowest BCUT2D eigenvalue weighted by Crippen LogP contribution is -2.47. The molecule has 0 spiro atoms. The maximum atomic E-state index is 14.4. The van der Waals surface area contributed by atoms with E-state index >= 15 is 0 Å². The second-order valence-corrected chi connectivity index (χ2v) is 9.89. The fraction of sp³-hybridized carbons (Fsp3) is 0.483. The Kier molecular flexibility index (Phi) is 10.1. The maximum Gasteiger partial charge on any atom is 0.418 e. The molecule has 3 rings (SSSR count). The highest BCUT2D eigenvalue weighted by molar-refractivity contribution is 6.00. The van der Waals surface area contributed by atoms with Crippen LogP contribution in [0.25, 0.3) is 5.70 Å². The second kappa shape index (κ2) is 12.6. The number of aliphatic imine (C=N–C) groups is 1. The zero-order valence-electron chi connectivity index (χ0n) is 23.8. The molecular weight excluding hydrogens is 620 g/mol. The molecule has 3 nitrogen and oxygen atoms in total. The Morgan fingerprint density at radius 2 is 1.18 bits per heavy atom. The number of alkyl halides is 12. The Labute approximate surface area is 245 Å². The number of rotatable bonds is 8. The molecule has 44 heavy (non-hydrogen) atoms. The summed E-state index contributed by atoms with van der Waals surface area (Å²) in [6.45, 7) is 6.27. The molecule has 0 saturated heterocycles. The van der Waals surface area contributed by atoms with Gasteiger partial charge in [-0.2, -0.15) is 52.7 Å². The Morgan fingerprint density at radius 1 is 0.682 bits per heavy atom. The Hall–Kier alpha value is -3.23. The molecule has 0 bridgehead atoms. The average Bonchev–Trinajstić information content (AvgIpc) is 2.92. The summed E-state index contributed by atoms with van der Waals surface area (Å²) in [5.74, 6) is 0. The van der Waals surface area contributed by atoms with Gasteiger partial charge in [0.15, 0.2) is 6.23 Å². The van der Waals surface area contributed by atoms with Crippen LogP contribution in [-0.2, 0) is 29.4 Å². The van der Waals surface area contributed by atoms with E-state index in [0.29, 0.717) is 37.1 Å². The van der Waals surface area contributed by atoms with Crippen molar-refractivity contribution in [2.24, 2.45) is 4.99 Å². The second-order valence-electron chi connectivity index (χ2n) is 9.89. The van der Waals surface area contributed by atoms with E-state index in [4.69, 9.17) is 4.74 Å². The van der Waals surface area contributed by atoms with Crippen LogP contribution in [0.15, 0.2) is 47.1 Å². The lowest BCUT2D eigenvalue weighted by molar-refractivity contribution is -0.144. The molecule has 2 aromatic carbocycles. The summed E-state index contributed by atoms with van der Waals surface area (Å²) in [5.41, 5.74) is -9.39. The first-order valence-corrected chi connectivity index (χ1v) is 13.5. The minimum Gasteiger partial charge on any atom is -0.349 e. The fourth-order valence-corrected chi connectivity index (χ4v) is 4.86. The van der Waals surface area contributed by atoms with Crippen LogP contribution in [0.2, 0.25) is 0 Å². The van der Waals surface area contributed by atoms with Crippen molar-refractivity contribution < 1.29 is 57.4 Å². The van der Waals surface area contributed by atoms with Crippen molar-refractivity contribution in [2.75, 3.05) is 4.90 Å². The van der Waals surface area contributed by atoms with Crippen molar-refractivity contribution in [3.8, 4) is 0 Å². The molecule has 1 aliphatic heterocycles. The highest BCUT2D eigenvalue weighted by atomic mass is 19.4. The summed E-state index contributed by atoms with van der Waals surface area (Å²) in [6.07, 6.45) is -22.8. The normalized spacial score (nSPS) is 17.1. The molecule has 0 N–H and O–H groups in total. The van der Waals surface area contributed by atoms with E-state index in [1.165, 1.54) is 13.8 Å². The highest BCUT2D eigenvalue weighted by Gasteiger charge is 2.45. The minimum absolute atomic E-state index is 0.0786. The first-order chi connectivity index (χ1) is 20.2. The zero-order chi connectivity index (χ0) is 33.4. The molecule has 1 unspecified atom stereocenters. The monoisotopic (exact) mass is 648 g/mol. The van der Waals surface area contributed by atoms with Crippen molar-refractivity contribution in [2.45, 2.75) is 90.4 Å². The summed E-state index contributed by atoms with van der Waals surface area (Å²) >= 11 is 0. The number of ether oxygens (including phenoxy) is 1. The molecule has 0 fully saturated rings. The van der Waals surface area contributed by atoms with E-state index in [-0.39, 0.29) is 36.4 Å². The first kappa shape index (κ1) is 35.3. The van der Waals surface area contributed by atoms with Crippen molar-refractivity contribution in [1.29, 1.82) is 0 Å². The van der Waals surface area contributed by atoms with Crippen LogP contribution in [0.4, 0.5) is 58.4 Å². The van der Waals surface area contributed by atoms with Crippen LogP contribution >= 0.6 is 0 Å². The van der Waals surface area contributed by atoms with Crippen molar-refractivity contribution >= 4 is 17.1 Å². The smallest absolute Gasteiger partial charge is 0.349 e. The number of benzene rings is 2. The van der Waals surface area contributed by atoms with Crippen LogP contribution < -0.4 is 4.90 Å². The Morgan fingerprint density at radius 3 is 1.61 bits per heavy atom. The van der Waals surface area contributed by atoms with Gasteiger partial charge in [-0.25, -0.2) is 0 Å². The van der Waals surface area contributed by atoms with E-state index in [9.17, 15) is 52.7 Å². The van der Waals surface area contributed by atoms with E-state index < -0.39 is 76.2 Å². The van der Waals surface area contributed by atoms with Crippen LogP contribution in [-0.4, -0.2) is 18.0 Å². The first-order valence-electron chi connectivity index (χ1n) is 13.5. The van der Waals surface area contributed by atoms with Gasteiger partial charge in [-0.15, -0.1) is 0 Å². The summed E-state index contributed by atoms with van der Waals surface area (Å²) in [4.78, 5) is 5.16. The number of hydrogen-bond acceptors (Lipinski definition) is 3. The molecule has 0 radical (unpaired) electrons. The van der Waals surface area contributed by atoms with Gasteiger partial charge in [0.05, 0.1) is 45.5 Å². The van der Waals surface area contributed by atoms with E-state index in [2.05, 4.69) is 4.99 Å². The van der Waals surface area contributed by atoms with Gasteiger partial charge in [0.25, 0.3) is 0 Å². The molecule has 0 aliphatic carbocycles. The van der Waals surface area contributed by atoms with Crippen LogP contribution in [0, 0.1) is 0 Å². The molecular formula is C29H28F12N2O. The van der Waals surface area contributed by atoms with Crippen molar-refractivity contribution in [1.82, 2.24) is 0 Å². The standard InChI is InChI=1S/C29H28F12N2O/c1-5-17(6-2)44-25-21(7-3)42-24(18-11-9-15(26(30,31)32)13-19(18)28(36,37)38)22(8-4)43(25)23-12-10-16(27(33,34)35)14-20(23)29(39,40)41/h9-14,17,25H,5-8H2,1-4H3. The zero-order valence-corrected chi connectivity index (χ0v) is 23.8. The lowest BCUT2D eigenvalue weighted by Gasteiger charge is -2.42. The molecule has 1 heterocycles. The molecule has 1 aliphatic rings. The SMILES string of the molecule is CCC1=NC(c2ccc(C(F)(F)F)cc2C(F)(F)F)=C(CC)N(c2ccc(C(F)(F)F)cc2C(F)(F)F)C1OC(CC)CC. The van der Waals surface area contributed by atoms with E-state index in [1.54, 1.807) is 13.8 Å². The minimum atomic E-state index is -5.36. The van der Waals surface area contributed by atoms with E-state index in [0.717, 1.165) is 4.90 Å². The van der Waals surface area contributed by atoms with Gasteiger partial charge in [0.2, 0.25) is 0 Å². The van der Waals surface area contributed by atoms with E-state index in [1.807, 2.05) is 0 Å². The molecule has 1 atom stereocenters. The fourth-order valence-electron chi connectivity index (χ4n) is 4.86. The Balaban J connectivity index is 2.49. The van der Waals surface area contributed by atoms with Gasteiger partial charge in [-0.3, -0.25) is 4.99 Å². The summed E-state index contributed by atoms with van der Waals surface area (Å²) in [6, 6.07) is 1.66. The van der Waals surface area contributed by atoms with Gasteiger partial charge in [0.1, 0.15) is 0 Å². The number of halogens is 12. The van der Waals surface area contributed by atoms with Gasteiger partial charge in [0, 0.05) is 11.3 Å². The van der Waals surface area contributed by atoms with Gasteiger partial charge < -0.3 is 9.64 Å². The summed E-state index contributed by atoms with van der Waals surface area (Å²) in [5, 5.41) is 0. The van der Waals surface area contributed by atoms with Crippen LogP contribution in [0.1, 0.15) is 81.2 Å². The Bertz CT molecular complexity index is 1400. The number of anilines is 1. The lowest BCUT2D eigenvalue weighted by atomic mass is 9.95.